The van der Waals surface area contributed by atoms with Crippen LogP contribution in [0.5, 0.6) is 0 Å². The van der Waals surface area contributed by atoms with Crippen LogP contribution in [0.25, 0.3) is 0 Å². The molecule has 0 aliphatic carbocycles. The second kappa shape index (κ2) is 9.69. The van der Waals surface area contributed by atoms with Gasteiger partial charge in [0.2, 0.25) is 15.9 Å². The van der Waals surface area contributed by atoms with E-state index in [9.17, 15) is 13.2 Å². The van der Waals surface area contributed by atoms with Crippen molar-refractivity contribution in [3.8, 4) is 0 Å². The number of carbonyl (C=O) groups excluding carboxylic acids is 1. The van der Waals surface area contributed by atoms with E-state index in [0.29, 0.717) is 41.5 Å². The van der Waals surface area contributed by atoms with Crippen molar-refractivity contribution in [2.75, 3.05) is 13.1 Å². The highest BCUT2D eigenvalue weighted by Crippen LogP contribution is 2.26. The zero-order chi connectivity index (χ0) is 21.9. The van der Waals surface area contributed by atoms with Gasteiger partial charge in [-0.3, -0.25) is 4.79 Å². The van der Waals surface area contributed by atoms with Gasteiger partial charge in [-0.15, -0.1) is 0 Å². The van der Waals surface area contributed by atoms with Crippen molar-refractivity contribution in [2.45, 2.75) is 38.5 Å². The number of carbonyl (C=O) groups is 1. The van der Waals surface area contributed by atoms with Gasteiger partial charge in [0, 0.05) is 29.1 Å². The third-order valence-electron chi connectivity index (χ3n) is 5.51. The van der Waals surface area contributed by atoms with Crippen molar-refractivity contribution in [2.24, 2.45) is 5.92 Å². The van der Waals surface area contributed by atoms with Gasteiger partial charge in [0.1, 0.15) is 0 Å². The Labute approximate surface area is 188 Å². The summed E-state index contributed by atoms with van der Waals surface area (Å²) in [6, 6.07) is 12.8. The lowest BCUT2D eigenvalue weighted by atomic mass is 9.96. The average molecular weight is 469 g/mol. The lowest BCUT2D eigenvalue weighted by Crippen LogP contribution is -2.43. The zero-order valence-electron chi connectivity index (χ0n) is 17.1. The van der Waals surface area contributed by atoms with Crippen LogP contribution in [0.15, 0.2) is 42.5 Å². The normalized spacial score (nSPS) is 16.9. The molecule has 1 unspecified atom stereocenters. The van der Waals surface area contributed by atoms with Crippen LogP contribution >= 0.6 is 23.2 Å². The Morgan fingerprint density at radius 3 is 2.37 bits per heavy atom. The first kappa shape index (κ1) is 23.1. The average Bonchev–Trinajstić information content (AvgIpc) is 2.70. The van der Waals surface area contributed by atoms with Gasteiger partial charge in [-0.25, -0.2) is 12.7 Å². The van der Waals surface area contributed by atoms with Crippen molar-refractivity contribution in [3.63, 3.8) is 0 Å². The Balaban J connectivity index is 1.55. The molecule has 0 saturated carbocycles. The topological polar surface area (TPSA) is 66.5 Å². The highest BCUT2D eigenvalue weighted by atomic mass is 35.5. The van der Waals surface area contributed by atoms with Crippen LogP contribution in [0.1, 0.15) is 42.5 Å². The summed E-state index contributed by atoms with van der Waals surface area (Å²) in [5.41, 5.74) is 2.74. The highest BCUT2D eigenvalue weighted by molar-refractivity contribution is 7.88. The summed E-state index contributed by atoms with van der Waals surface area (Å²) in [6.07, 6.45) is 1.00. The standard InChI is InChI=1S/C22H26Cl2N2O3S/c1-15-3-5-17(6-4-15)16(2)25-22(27)18-9-11-26(12-10-18)30(28,29)14-19-7-8-20(23)13-21(19)24/h3-8,13,16,18H,9-12,14H2,1-2H3,(H,25,27). The van der Waals surface area contributed by atoms with Gasteiger partial charge in [0.25, 0.3) is 0 Å². The van der Waals surface area contributed by atoms with Crippen molar-refractivity contribution in [3.05, 3.63) is 69.2 Å². The minimum absolute atomic E-state index is 0.0270. The summed E-state index contributed by atoms with van der Waals surface area (Å²) in [5.74, 6) is -0.394. The van der Waals surface area contributed by atoms with E-state index in [4.69, 9.17) is 23.2 Å². The van der Waals surface area contributed by atoms with E-state index in [0.717, 1.165) is 5.56 Å². The predicted octanol–water partition coefficient (Wildman–Crippen LogP) is 4.72. The maximum absolute atomic E-state index is 12.8. The van der Waals surface area contributed by atoms with E-state index >= 15 is 0 Å². The molecular weight excluding hydrogens is 443 g/mol. The molecular formula is C22H26Cl2N2O3S. The summed E-state index contributed by atoms with van der Waals surface area (Å²) in [6.45, 7) is 4.63. The van der Waals surface area contributed by atoms with Gasteiger partial charge < -0.3 is 5.32 Å². The summed E-state index contributed by atoms with van der Waals surface area (Å²) in [5, 5.41) is 3.86. The fourth-order valence-corrected chi connectivity index (χ4v) is 5.74. The first-order valence-corrected chi connectivity index (χ1v) is 12.3. The Morgan fingerprint density at radius 2 is 1.77 bits per heavy atom. The molecule has 0 radical (unpaired) electrons. The lowest BCUT2D eigenvalue weighted by Gasteiger charge is -2.31. The minimum Gasteiger partial charge on any atom is -0.349 e. The molecule has 2 aromatic carbocycles. The number of sulfonamides is 1. The van der Waals surface area contributed by atoms with Crippen molar-refractivity contribution < 1.29 is 13.2 Å². The van der Waals surface area contributed by atoms with Crippen LogP contribution in [-0.2, 0) is 20.6 Å². The number of hydrogen-bond donors (Lipinski definition) is 1. The van der Waals surface area contributed by atoms with Gasteiger partial charge in [-0.2, -0.15) is 0 Å². The molecule has 1 amide bonds. The number of halogens is 2. The second-order valence-electron chi connectivity index (χ2n) is 7.81. The third-order valence-corrected chi connectivity index (χ3v) is 7.92. The monoisotopic (exact) mass is 468 g/mol. The fourth-order valence-electron chi connectivity index (χ4n) is 3.59. The van der Waals surface area contributed by atoms with Crippen LogP contribution in [0.4, 0.5) is 0 Å². The van der Waals surface area contributed by atoms with Crippen LogP contribution in [0, 0.1) is 12.8 Å². The zero-order valence-corrected chi connectivity index (χ0v) is 19.4. The van der Waals surface area contributed by atoms with Gasteiger partial charge in [-0.1, -0.05) is 59.1 Å². The molecule has 1 aliphatic rings. The van der Waals surface area contributed by atoms with Gasteiger partial charge >= 0.3 is 0 Å². The summed E-state index contributed by atoms with van der Waals surface area (Å²) >= 11 is 12.0. The number of rotatable bonds is 6. The maximum atomic E-state index is 12.8. The minimum atomic E-state index is -3.52. The number of amides is 1. The molecule has 1 heterocycles. The highest BCUT2D eigenvalue weighted by Gasteiger charge is 2.32. The molecule has 30 heavy (non-hydrogen) atoms. The SMILES string of the molecule is Cc1ccc(C(C)NC(=O)C2CCN(S(=O)(=O)Cc3ccc(Cl)cc3Cl)CC2)cc1. The first-order valence-electron chi connectivity index (χ1n) is 9.94. The van der Waals surface area contributed by atoms with E-state index in [2.05, 4.69) is 5.32 Å². The second-order valence-corrected chi connectivity index (χ2v) is 10.6. The van der Waals surface area contributed by atoms with Crippen molar-refractivity contribution in [1.82, 2.24) is 9.62 Å². The molecule has 1 N–H and O–H groups in total. The van der Waals surface area contributed by atoms with E-state index < -0.39 is 10.0 Å². The quantitative estimate of drug-likeness (QED) is 0.666. The smallest absolute Gasteiger partial charge is 0.223 e. The third kappa shape index (κ3) is 5.76. The molecule has 1 aliphatic heterocycles. The molecule has 3 rings (SSSR count). The molecule has 2 aromatic rings. The first-order chi connectivity index (χ1) is 14.2. The lowest BCUT2D eigenvalue weighted by molar-refractivity contribution is -0.126. The van der Waals surface area contributed by atoms with E-state index in [1.165, 1.54) is 9.87 Å². The van der Waals surface area contributed by atoms with E-state index in [-0.39, 0.29) is 23.6 Å². The fraction of sp³-hybridized carbons (Fsp3) is 0.409. The van der Waals surface area contributed by atoms with Crippen LogP contribution in [0.3, 0.4) is 0 Å². The molecule has 1 saturated heterocycles. The molecule has 0 bridgehead atoms. The molecule has 162 valence electrons. The molecule has 5 nitrogen and oxygen atoms in total. The van der Waals surface area contributed by atoms with Crippen LogP contribution in [0.2, 0.25) is 10.0 Å². The summed E-state index contributed by atoms with van der Waals surface area (Å²) in [4.78, 5) is 12.7. The number of hydrogen-bond acceptors (Lipinski definition) is 3. The summed E-state index contributed by atoms with van der Waals surface area (Å²) in [7, 11) is -3.52. The Kier molecular flexibility index (Phi) is 7.45. The van der Waals surface area contributed by atoms with Crippen LogP contribution in [-0.4, -0.2) is 31.7 Å². The molecule has 0 spiro atoms. The van der Waals surface area contributed by atoms with E-state index in [1.54, 1.807) is 18.2 Å². The van der Waals surface area contributed by atoms with Gasteiger partial charge in [0.15, 0.2) is 0 Å². The van der Waals surface area contributed by atoms with Gasteiger partial charge in [0.05, 0.1) is 11.8 Å². The van der Waals surface area contributed by atoms with E-state index in [1.807, 2.05) is 38.1 Å². The molecule has 8 heteroatoms. The summed E-state index contributed by atoms with van der Waals surface area (Å²) < 4.78 is 27.0. The number of nitrogens with zero attached hydrogens (tertiary/aromatic N) is 1. The molecule has 0 aromatic heterocycles. The van der Waals surface area contributed by atoms with Gasteiger partial charge in [-0.05, 0) is 49.9 Å². The largest absolute Gasteiger partial charge is 0.349 e. The number of aryl methyl sites for hydroxylation is 1. The number of benzene rings is 2. The molecule has 1 fully saturated rings. The number of nitrogens with one attached hydrogen (secondary N) is 1. The maximum Gasteiger partial charge on any atom is 0.223 e. The Hall–Kier alpha value is -1.60. The number of piperidine rings is 1. The van der Waals surface area contributed by atoms with Crippen molar-refractivity contribution in [1.29, 1.82) is 0 Å². The van der Waals surface area contributed by atoms with Crippen molar-refractivity contribution >= 4 is 39.1 Å². The molecule has 1 atom stereocenters. The Morgan fingerprint density at radius 1 is 1.13 bits per heavy atom. The predicted molar refractivity (Wildman–Crippen MR) is 121 cm³/mol. The Bertz CT molecular complexity index is 1000. The van der Waals surface area contributed by atoms with Crippen LogP contribution < -0.4 is 5.32 Å².